The lowest BCUT2D eigenvalue weighted by Crippen LogP contribution is -2.00. The van der Waals surface area contributed by atoms with Gasteiger partial charge >= 0.3 is 0 Å². The second-order valence-electron chi connectivity index (χ2n) is 13.0. The second kappa shape index (κ2) is 10.4. The van der Waals surface area contributed by atoms with Crippen LogP contribution in [0.1, 0.15) is 0 Å². The number of fused-ring (bicyclic) bond motifs is 14. The van der Waals surface area contributed by atoms with Crippen molar-refractivity contribution in [3.05, 3.63) is 170 Å². The van der Waals surface area contributed by atoms with Crippen molar-refractivity contribution < 1.29 is 0 Å². The molecule has 0 bridgehead atoms. The third-order valence-electron chi connectivity index (χ3n) is 10.4. The van der Waals surface area contributed by atoms with Crippen molar-refractivity contribution in [3.8, 4) is 55.9 Å². The molecule has 0 unspecified atom stereocenters. The molecule has 10 aromatic rings. The maximum absolute atomic E-state index is 4.97. The molecule has 50 heavy (non-hydrogen) atoms. The minimum absolute atomic E-state index is 0.981. The van der Waals surface area contributed by atoms with Gasteiger partial charge in [0.2, 0.25) is 0 Å². The van der Waals surface area contributed by atoms with Crippen molar-refractivity contribution in [1.29, 1.82) is 0 Å². The number of nitrogens with zero attached hydrogens (tertiary/aromatic N) is 4. The Kier molecular flexibility index (Phi) is 5.63. The summed E-state index contributed by atoms with van der Waals surface area (Å²) in [5.41, 5.74) is 18.5. The molecule has 4 heterocycles. The third-order valence-corrected chi connectivity index (χ3v) is 10.4. The number of hydrogen-bond donors (Lipinski definition) is 0. The fourth-order valence-corrected chi connectivity index (χ4v) is 8.29. The summed E-state index contributed by atoms with van der Waals surface area (Å²) >= 11 is 0. The minimum Gasteiger partial charge on any atom is -0.308 e. The van der Waals surface area contributed by atoms with Gasteiger partial charge in [0, 0.05) is 34.5 Å². The molecule has 1 aliphatic rings. The zero-order valence-electron chi connectivity index (χ0n) is 27.0. The molecule has 232 valence electrons. The van der Waals surface area contributed by atoms with Gasteiger partial charge in [-0.25, -0.2) is 0 Å². The molecule has 0 saturated carbocycles. The van der Waals surface area contributed by atoms with Gasteiger partial charge in [-0.05, 0) is 105 Å². The molecule has 4 aromatic heterocycles. The lowest BCUT2D eigenvalue weighted by molar-refractivity contribution is 1.16. The fraction of sp³-hybridized carbons (Fsp3) is 0. The SMILES string of the molecule is c1ccc2c(c1)-c1ccccc1-c1ccc(-n3c4ccc(-n5c6ccccc6c6ncccc65)cc4c4ncccc43)cc1-c1ccccc1-2. The maximum Gasteiger partial charge on any atom is 0.0964 e. The Morgan fingerprint density at radius 2 is 0.720 bits per heavy atom. The number of hydrogen-bond acceptors (Lipinski definition) is 2. The Balaban J connectivity index is 1.18. The molecule has 0 radical (unpaired) electrons. The first-order valence-electron chi connectivity index (χ1n) is 17.0. The molecule has 0 saturated heterocycles. The van der Waals surface area contributed by atoms with Gasteiger partial charge in [0.05, 0.1) is 33.1 Å². The second-order valence-corrected chi connectivity index (χ2v) is 13.0. The number of benzene rings is 6. The highest BCUT2D eigenvalue weighted by Crippen LogP contribution is 2.48. The Morgan fingerprint density at radius 1 is 0.300 bits per heavy atom. The molecule has 0 fully saturated rings. The highest BCUT2D eigenvalue weighted by atomic mass is 15.0. The maximum atomic E-state index is 4.97. The standard InChI is InChI=1S/C46H28N4/c1-2-12-32-31(11-1)33-13-3-4-15-35(33)37-23-21-29(27-39(37)36-16-6-5-14-34(32)36)50-42-24-22-30(28-40(42)46-44(50)20-10-26-48-46)49-41-18-8-7-17-38(41)45-43(49)19-9-25-47-45/h1-28H. The molecule has 4 nitrogen and oxygen atoms in total. The van der Waals surface area contributed by atoms with E-state index in [-0.39, 0.29) is 0 Å². The minimum atomic E-state index is 0.981. The molecular weight excluding hydrogens is 609 g/mol. The predicted molar refractivity (Wildman–Crippen MR) is 206 cm³/mol. The quantitative estimate of drug-likeness (QED) is 0.189. The summed E-state index contributed by atoms with van der Waals surface area (Å²) in [7, 11) is 0. The third kappa shape index (κ3) is 3.76. The topological polar surface area (TPSA) is 35.6 Å². The van der Waals surface area contributed by atoms with E-state index in [4.69, 9.17) is 9.97 Å². The fourth-order valence-electron chi connectivity index (χ4n) is 8.29. The zero-order valence-corrected chi connectivity index (χ0v) is 27.0. The Morgan fingerprint density at radius 3 is 1.32 bits per heavy atom. The predicted octanol–water partition coefficient (Wildman–Crippen LogP) is 11.7. The van der Waals surface area contributed by atoms with Crippen LogP contribution in [-0.2, 0) is 0 Å². The van der Waals surface area contributed by atoms with E-state index in [0.29, 0.717) is 0 Å². The Bertz CT molecular complexity index is 2940. The van der Waals surface area contributed by atoms with Crippen molar-refractivity contribution in [2.75, 3.05) is 0 Å². The van der Waals surface area contributed by atoms with Crippen LogP contribution < -0.4 is 0 Å². The number of para-hydroxylation sites is 1. The van der Waals surface area contributed by atoms with E-state index in [1.54, 1.807) is 0 Å². The summed E-state index contributed by atoms with van der Waals surface area (Å²) in [6, 6.07) is 57.0. The molecule has 4 heteroatoms. The van der Waals surface area contributed by atoms with Crippen LogP contribution in [0.2, 0.25) is 0 Å². The van der Waals surface area contributed by atoms with Crippen LogP contribution in [0.4, 0.5) is 0 Å². The number of pyridine rings is 2. The Hall–Kier alpha value is -6.78. The highest BCUT2D eigenvalue weighted by molar-refractivity contribution is 6.10. The van der Waals surface area contributed by atoms with Crippen LogP contribution >= 0.6 is 0 Å². The molecular formula is C46H28N4. The molecule has 0 atom stereocenters. The van der Waals surface area contributed by atoms with E-state index >= 15 is 0 Å². The van der Waals surface area contributed by atoms with Gasteiger partial charge in [0.25, 0.3) is 0 Å². The van der Waals surface area contributed by atoms with Gasteiger partial charge in [0.1, 0.15) is 0 Å². The summed E-state index contributed by atoms with van der Waals surface area (Å²) in [5, 5.41) is 2.26. The first-order chi connectivity index (χ1) is 24.8. The van der Waals surface area contributed by atoms with Gasteiger partial charge in [-0.2, -0.15) is 0 Å². The zero-order chi connectivity index (χ0) is 32.8. The van der Waals surface area contributed by atoms with Gasteiger partial charge in [0.15, 0.2) is 0 Å². The normalized spacial score (nSPS) is 12.0. The van der Waals surface area contributed by atoms with Gasteiger partial charge < -0.3 is 9.13 Å². The van der Waals surface area contributed by atoms with Crippen LogP contribution in [0.25, 0.3) is 99.8 Å². The van der Waals surface area contributed by atoms with Crippen LogP contribution in [0.5, 0.6) is 0 Å². The summed E-state index contributed by atoms with van der Waals surface area (Å²) in [4.78, 5) is 9.73. The molecule has 0 N–H and O–H groups in total. The molecule has 1 aliphatic carbocycles. The van der Waals surface area contributed by atoms with Crippen LogP contribution in [-0.4, -0.2) is 19.1 Å². The number of rotatable bonds is 2. The summed E-state index contributed by atoms with van der Waals surface area (Å²) in [6.45, 7) is 0. The average Bonchev–Trinajstić information content (AvgIpc) is 3.70. The molecule has 0 aliphatic heterocycles. The van der Waals surface area contributed by atoms with Crippen LogP contribution in [0, 0.1) is 0 Å². The van der Waals surface area contributed by atoms with E-state index in [0.717, 1.165) is 55.2 Å². The van der Waals surface area contributed by atoms with Gasteiger partial charge in [-0.3, -0.25) is 9.97 Å². The summed E-state index contributed by atoms with van der Waals surface area (Å²) in [6.07, 6.45) is 3.77. The van der Waals surface area contributed by atoms with E-state index in [9.17, 15) is 0 Å². The molecule has 11 rings (SSSR count). The summed E-state index contributed by atoms with van der Waals surface area (Å²) < 4.78 is 4.69. The van der Waals surface area contributed by atoms with Crippen LogP contribution in [0.15, 0.2) is 170 Å². The highest BCUT2D eigenvalue weighted by Gasteiger charge is 2.23. The van der Waals surface area contributed by atoms with Crippen LogP contribution in [0.3, 0.4) is 0 Å². The smallest absolute Gasteiger partial charge is 0.0964 e. The summed E-state index contributed by atoms with van der Waals surface area (Å²) in [5.74, 6) is 0. The monoisotopic (exact) mass is 636 g/mol. The molecule has 6 aromatic carbocycles. The first kappa shape index (κ1) is 27.2. The van der Waals surface area contributed by atoms with Gasteiger partial charge in [-0.15, -0.1) is 0 Å². The average molecular weight is 637 g/mol. The largest absolute Gasteiger partial charge is 0.308 e. The lowest BCUT2D eigenvalue weighted by atomic mass is 9.81. The van der Waals surface area contributed by atoms with E-state index < -0.39 is 0 Å². The molecule has 0 spiro atoms. The van der Waals surface area contributed by atoms with Gasteiger partial charge in [-0.1, -0.05) is 97.1 Å². The van der Waals surface area contributed by atoms with Crippen molar-refractivity contribution in [2.24, 2.45) is 0 Å². The lowest BCUT2D eigenvalue weighted by Gasteiger charge is -2.23. The van der Waals surface area contributed by atoms with Crippen molar-refractivity contribution in [2.45, 2.75) is 0 Å². The van der Waals surface area contributed by atoms with Crippen molar-refractivity contribution in [3.63, 3.8) is 0 Å². The number of aromatic nitrogens is 4. The van der Waals surface area contributed by atoms with Crippen molar-refractivity contribution in [1.82, 2.24) is 19.1 Å². The van der Waals surface area contributed by atoms with E-state index in [2.05, 4.69) is 155 Å². The van der Waals surface area contributed by atoms with E-state index in [1.165, 1.54) is 44.5 Å². The molecule has 0 amide bonds. The van der Waals surface area contributed by atoms with Crippen molar-refractivity contribution >= 4 is 43.9 Å². The Labute approximate surface area is 288 Å². The van der Waals surface area contributed by atoms with E-state index in [1.807, 2.05) is 24.5 Å². The first-order valence-corrected chi connectivity index (χ1v) is 17.0.